The van der Waals surface area contributed by atoms with Gasteiger partial charge in [-0.05, 0) is 19.8 Å². The highest BCUT2D eigenvalue weighted by Gasteiger charge is 2.53. The summed E-state index contributed by atoms with van der Waals surface area (Å²) in [5.41, 5.74) is 0. The fourth-order valence-corrected chi connectivity index (χ4v) is 3.91. The van der Waals surface area contributed by atoms with E-state index in [2.05, 4.69) is 26.9 Å². The monoisotopic (exact) mass is 423 g/mol. The summed E-state index contributed by atoms with van der Waals surface area (Å²) in [6.45, 7) is 5.43. The van der Waals surface area contributed by atoms with Gasteiger partial charge in [-0.15, -0.1) is 24.0 Å². The number of methoxy groups -OCH3 is 1. The number of hydrogen-bond acceptors (Lipinski definition) is 4. The number of guanidine groups is 1. The molecule has 7 heteroatoms. The predicted molar refractivity (Wildman–Crippen MR) is 94.5 cm³/mol. The lowest BCUT2D eigenvalue weighted by atomic mass is 9.82. The third kappa shape index (κ3) is 3.50. The average molecular weight is 423 g/mol. The molecular weight excluding hydrogens is 397 g/mol. The molecule has 0 saturated carbocycles. The maximum absolute atomic E-state index is 11.2. The van der Waals surface area contributed by atoms with E-state index in [4.69, 9.17) is 4.74 Å². The van der Waals surface area contributed by atoms with Crippen LogP contribution >= 0.6 is 24.0 Å². The van der Waals surface area contributed by atoms with Gasteiger partial charge in [0.25, 0.3) is 0 Å². The van der Waals surface area contributed by atoms with Gasteiger partial charge in [-0.25, -0.2) is 0 Å². The Hall–Kier alpha value is -0.570. The highest BCUT2D eigenvalue weighted by atomic mass is 127. The van der Waals surface area contributed by atoms with Crippen molar-refractivity contribution in [2.45, 2.75) is 38.4 Å². The minimum Gasteiger partial charge on any atom is -0.469 e. The molecule has 126 valence electrons. The van der Waals surface area contributed by atoms with Crippen LogP contribution in [-0.4, -0.2) is 62.3 Å². The Morgan fingerprint density at radius 3 is 2.50 bits per heavy atom. The molecule has 3 aliphatic rings. The molecule has 0 spiro atoms. The summed E-state index contributed by atoms with van der Waals surface area (Å²) in [6, 6.07) is 0. The molecule has 3 heterocycles. The molecule has 3 rings (SSSR count). The first-order valence-electron chi connectivity index (χ1n) is 7.98. The summed E-state index contributed by atoms with van der Waals surface area (Å²) in [6.07, 6.45) is 3.69. The second-order valence-corrected chi connectivity index (χ2v) is 6.08. The molecule has 0 aromatic heterocycles. The van der Waals surface area contributed by atoms with E-state index in [0.717, 1.165) is 25.6 Å². The van der Waals surface area contributed by atoms with Crippen molar-refractivity contribution in [1.29, 1.82) is 0 Å². The van der Waals surface area contributed by atoms with E-state index in [1.165, 1.54) is 20.0 Å². The Morgan fingerprint density at radius 2 is 1.95 bits per heavy atom. The minimum atomic E-state index is -0.209. The smallest absolute Gasteiger partial charge is 0.307 e. The van der Waals surface area contributed by atoms with Crippen LogP contribution in [0.15, 0.2) is 4.99 Å². The van der Waals surface area contributed by atoms with E-state index in [9.17, 15) is 4.79 Å². The number of fused-ring (bicyclic) bond motifs is 5. The second-order valence-electron chi connectivity index (χ2n) is 6.08. The van der Waals surface area contributed by atoms with Gasteiger partial charge in [0.05, 0.1) is 32.3 Å². The topological polar surface area (TPSA) is 63.2 Å². The Bertz CT molecular complexity index is 414. The fourth-order valence-electron chi connectivity index (χ4n) is 3.91. The number of ether oxygens (including phenoxy) is 2. The van der Waals surface area contributed by atoms with Crippen LogP contribution in [0.2, 0.25) is 0 Å². The van der Waals surface area contributed by atoms with Gasteiger partial charge in [-0.2, -0.15) is 0 Å². The highest BCUT2D eigenvalue weighted by molar-refractivity contribution is 14.0. The summed E-state index contributed by atoms with van der Waals surface area (Å²) >= 11 is 0. The van der Waals surface area contributed by atoms with Gasteiger partial charge < -0.3 is 19.7 Å². The molecule has 0 aromatic rings. The lowest BCUT2D eigenvalue weighted by Crippen LogP contribution is -2.41. The van der Waals surface area contributed by atoms with Crippen molar-refractivity contribution in [2.75, 3.05) is 33.3 Å². The van der Waals surface area contributed by atoms with Crippen molar-refractivity contribution in [2.24, 2.45) is 16.8 Å². The molecule has 22 heavy (non-hydrogen) atoms. The van der Waals surface area contributed by atoms with Gasteiger partial charge in [0.2, 0.25) is 0 Å². The number of halogens is 1. The standard InChI is InChI=1S/C15H25N3O3.HI/c1-3-16-15(17-7-6-14(19)20-2)18-8-10-11(9-18)13-5-4-12(10)21-13;/h10-13H,3-9H2,1-2H3,(H,16,17);1H. The van der Waals surface area contributed by atoms with E-state index in [1.807, 2.05) is 0 Å². The van der Waals surface area contributed by atoms with Crippen LogP contribution in [0.5, 0.6) is 0 Å². The van der Waals surface area contributed by atoms with Crippen LogP contribution in [-0.2, 0) is 14.3 Å². The molecule has 4 atom stereocenters. The summed E-state index contributed by atoms with van der Waals surface area (Å²) in [4.78, 5) is 18.1. The molecule has 0 aliphatic carbocycles. The molecule has 0 radical (unpaired) electrons. The van der Waals surface area contributed by atoms with Crippen LogP contribution in [0.1, 0.15) is 26.2 Å². The second kappa shape index (κ2) is 7.81. The van der Waals surface area contributed by atoms with Crippen LogP contribution in [0.3, 0.4) is 0 Å². The van der Waals surface area contributed by atoms with Gasteiger partial charge >= 0.3 is 5.97 Å². The van der Waals surface area contributed by atoms with E-state index >= 15 is 0 Å². The first-order valence-corrected chi connectivity index (χ1v) is 7.98. The van der Waals surface area contributed by atoms with Gasteiger partial charge in [-0.1, -0.05) is 0 Å². The van der Waals surface area contributed by atoms with Crippen molar-refractivity contribution in [3.05, 3.63) is 0 Å². The molecule has 3 aliphatic heterocycles. The van der Waals surface area contributed by atoms with Gasteiger partial charge in [-0.3, -0.25) is 9.79 Å². The van der Waals surface area contributed by atoms with Crippen molar-refractivity contribution < 1.29 is 14.3 Å². The van der Waals surface area contributed by atoms with Gasteiger partial charge in [0.1, 0.15) is 0 Å². The number of esters is 1. The van der Waals surface area contributed by atoms with E-state index in [1.54, 1.807) is 0 Å². The normalized spacial score (nSPS) is 32.6. The third-order valence-electron chi connectivity index (χ3n) is 4.89. The summed E-state index contributed by atoms with van der Waals surface area (Å²) < 4.78 is 10.7. The Kier molecular flexibility index (Phi) is 6.31. The number of likely N-dealkylation sites (tertiary alicyclic amines) is 1. The first-order chi connectivity index (χ1) is 10.2. The van der Waals surface area contributed by atoms with Crippen molar-refractivity contribution in [1.82, 2.24) is 10.2 Å². The van der Waals surface area contributed by atoms with Crippen molar-refractivity contribution >= 4 is 35.9 Å². The van der Waals surface area contributed by atoms with Gasteiger partial charge in [0, 0.05) is 31.5 Å². The van der Waals surface area contributed by atoms with Crippen LogP contribution in [0.25, 0.3) is 0 Å². The number of carbonyl (C=O) groups excluding carboxylic acids is 1. The maximum Gasteiger partial charge on any atom is 0.307 e. The molecule has 3 fully saturated rings. The lowest BCUT2D eigenvalue weighted by Gasteiger charge is -2.23. The molecule has 1 N–H and O–H groups in total. The Balaban J connectivity index is 0.00000176. The minimum absolute atomic E-state index is 0. The SMILES string of the molecule is CCNC(=NCCC(=O)OC)N1CC2C3CCC(O3)C2C1.I. The zero-order valence-corrected chi connectivity index (χ0v) is 15.6. The number of nitrogens with zero attached hydrogens (tertiary/aromatic N) is 2. The zero-order valence-electron chi connectivity index (χ0n) is 13.3. The fraction of sp³-hybridized carbons (Fsp3) is 0.867. The average Bonchev–Trinajstić information content (AvgIpc) is 3.18. The number of aliphatic imine (C=N–C) groups is 1. The van der Waals surface area contributed by atoms with E-state index in [-0.39, 0.29) is 29.9 Å². The molecule has 0 aromatic carbocycles. The van der Waals surface area contributed by atoms with Crippen molar-refractivity contribution in [3.63, 3.8) is 0 Å². The predicted octanol–water partition coefficient (Wildman–Crippen LogP) is 1.24. The number of nitrogens with one attached hydrogen (secondary N) is 1. The van der Waals surface area contributed by atoms with Crippen LogP contribution in [0, 0.1) is 11.8 Å². The first kappa shape index (κ1) is 17.8. The largest absolute Gasteiger partial charge is 0.469 e. The summed E-state index contributed by atoms with van der Waals surface area (Å²) in [5, 5.41) is 3.34. The van der Waals surface area contributed by atoms with E-state index < -0.39 is 0 Å². The molecule has 6 nitrogen and oxygen atoms in total. The maximum atomic E-state index is 11.2. The summed E-state index contributed by atoms with van der Waals surface area (Å²) in [7, 11) is 1.41. The molecular formula is C15H26IN3O3. The molecule has 3 saturated heterocycles. The third-order valence-corrected chi connectivity index (χ3v) is 4.89. The van der Waals surface area contributed by atoms with Gasteiger partial charge in [0.15, 0.2) is 5.96 Å². The molecule has 4 unspecified atom stereocenters. The lowest BCUT2D eigenvalue weighted by molar-refractivity contribution is -0.140. The summed E-state index contributed by atoms with van der Waals surface area (Å²) in [5.74, 6) is 2.04. The molecule has 0 amide bonds. The quantitative estimate of drug-likeness (QED) is 0.319. The molecule has 2 bridgehead atoms. The van der Waals surface area contributed by atoms with Crippen molar-refractivity contribution in [3.8, 4) is 0 Å². The Labute approximate surface area is 149 Å². The number of carbonyl (C=O) groups is 1. The zero-order chi connectivity index (χ0) is 14.8. The van der Waals surface area contributed by atoms with E-state index in [0.29, 0.717) is 37.0 Å². The number of rotatable bonds is 4. The van der Waals surface area contributed by atoms with Crippen LogP contribution in [0.4, 0.5) is 0 Å². The Morgan fingerprint density at radius 1 is 1.32 bits per heavy atom. The number of hydrogen-bond donors (Lipinski definition) is 1. The van der Waals surface area contributed by atoms with Crippen LogP contribution < -0.4 is 5.32 Å². The highest BCUT2D eigenvalue weighted by Crippen LogP contribution is 2.47.